The van der Waals surface area contributed by atoms with Crippen LogP contribution in [-0.2, 0) is 6.54 Å². The predicted octanol–water partition coefficient (Wildman–Crippen LogP) is 4.51. The van der Waals surface area contributed by atoms with Crippen LogP contribution in [0, 0.1) is 0 Å². The van der Waals surface area contributed by atoms with Gasteiger partial charge in [0.2, 0.25) is 0 Å². The summed E-state index contributed by atoms with van der Waals surface area (Å²) in [5.74, 6) is 0.777. The third-order valence-corrected chi connectivity index (χ3v) is 4.85. The van der Waals surface area contributed by atoms with Crippen molar-refractivity contribution < 1.29 is 18.7 Å². The van der Waals surface area contributed by atoms with Gasteiger partial charge in [-0.15, -0.1) is 0 Å². The molecule has 7 nitrogen and oxygen atoms in total. The Hall–Kier alpha value is -3.65. The highest BCUT2D eigenvalue weighted by Crippen LogP contribution is 2.15. The van der Waals surface area contributed by atoms with E-state index in [0.29, 0.717) is 34.9 Å². The van der Waals surface area contributed by atoms with Gasteiger partial charge < -0.3 is 19.8 Å². The summed E-state index contributed by atoms with van der Waals surface area (Å²) < 4.78 is 10.9. The number of amides is 2. The fourth-order valence-electron chi connectivity index (χ4n) is 2.76. The summed E-state index contributed by atoms with van der Waals surface area (Å²) in [5.41, 5.74) is 1.49. The predicted molar refractivity (Wildman–Crippen MR) is 127 cm³/mol. The Morgan fingerprint density at radius 3 is 2.50 bits per heavy atom. The van der Waals surface area contributed by atoms with Gasteiger partial charge in [0.15, 0.2) is 5.11 Å². The zero-order valence-electron chi connectivity index (χ0n) is 17.9. The number of carbonyl (C=O) groups is 2. The first-order valence-electron chi connectivity index (χ1n) is 10.2. The van der Waals surface area contributed by atoms with Crippen LogP contribution in [0.4, 0.5) is 5.69 Å². The van der Waals surface area contributed by atoms with E-state index in [0.717, 1.165) is 6.42 Å². The highest BCUT2D eigenvalue weighted by molar-refractivity contribution is 7.80. The molecule has 1 atom stereocenters. The lowest BCUT2D eigenvalue weighted by molar-refractivity contribution is 0.0946. The summed E-state index contributed by atoms with van der Waals surface area (Å²) >= 11 is 5.24. The molecule has 0 aliphatic rings. The molecule has 0 aliphatic carbocycles. The fraction of sp³-hybridized carbons (Fsp3) is 0.208. The normalized spacial score (nSPS) is 11.3. The van der Waals surface area contributed by atoms with Gasteiger partial charge in [-0.3, -0.25) is 14.9 Å². The molecule has 0 spiro atoms. The van der Waals surface area contributed by atoms with Crippen molar-refractivity contribution in [2.45, 2.75) is 32.9 Å². The maximum absolute atomic E-state index is 12.5. The molecule has 3 N–H and O–H groups in total. The topological polar surface area (TPSA) is 92.6 Å². The minimum atomic E-state index is -0.343. The van der Waals surface area contributed by atoms with Gasteiger partial charge in [0.1, 0.15) is 11.5 Å². The first kappa shape index (κ1) is 23.0. The molecule has 3 rings (SSSR count). The Labute approximate surface area is 192 Å². The SMILES string of the molecule is CCC(C)Oc1ccc(C(=O)NC(=S)Nc2cccc(C(=O)NCc3ccco3)c2)cc1. The molecule has 1 heterocycles. The molecule has 0 radical (unpaired) electrons. The Kier molecular flexibility index (Phi) is 7.99. The van der Waals surface area contributed by atoms with Crippen molar-refractivity contribution in [3.63, 3.8) is 0 Å². The van der Waals surface area contributed by atoms with Gasteiger partial charge in [-0.2, -0.15) is 0 Å². The molecular weight excluding hydrogens is 426 g/mol. The minimum Gasteiger partial charge on any atom is -0.491 e. The van der Waals surface area contributed by atoms with Crippen molar-refractivity contribution in [2.24, 2.45) is 0 Å². The summed E-state index contributed by atoms with van der Waals surface area (Å²) in [6.07, 6.45) is 2.56. The lowest BCUT2D eigenvalue weighted by Gasteiger charge is -2.13. The van der Waals surface area contributed by atoms with Crippen LogP contribution in [0.15, 0.2) is 71.3 Å². The van der Waals surface area contributed by atoms with Gasteiger partial charge in [0, 0.05) is 16.8 Å². The molecular formula is C24H25N3O4S. The average Bonchev–Trinajstić information content (AvgIpc) is 3.31. The fourth-order valence-corrected chi connectivity index (χ4v) is 2.97. The van der Waals surface area contributed by atoms with E-state index in [2.05, 4.69) is 16.0 Å². The lowest BCUT2D eigenvalue weighted by atomic mass is 10.2. The maximum atomic E-state index is 12.5. The van der Waals surface area contributed by atoms with Crippen molar-refractivity contribution in [2.75, 3.05) is 5.32 Å². The molecule has 8 heteroatoms. The summed E-state index contributed by atoms with van der Waals surface area (Å²) in [6, 6.07) is 17.2. The van der Waals surface area contributed by atoms with E-state index in [9.17, 15) is 9.59 Å². The monoisotopic (exact) mass is 451 g/mol. The Morgan fingerprint density at radius 1 is 1.03 bits per heavy atom. The molecule has 0 saturated carbocycles. The molecule has 3 aromatic rings. The molecule has 1 unspecified atom stereocenters. The van der Waals surface area contributed by atoms with Gasteiger partial charge in [-0.25, -0.2) is 0 Å². The molecule has 0 aliphatic heterocycles. The van der Waals surface area contributed by atoms with Crippen LogP contribution >= 0.6 is 12.2 Å². The van der Waals surface area contributed by atoms with Gasteiger partial charge in [0.25, 0.3) is 11.8 Å². The van der Waals surface area contributed by atoms with Gasteiger partial charge in [-0.1, -0.05) is 13.0 Å². The van der Waals surface area contributed by atoms with E-state index in [-0.39, 0.29) is 23.0 Å². The second-order valence-electron chi connectivity index (χ2n) is 7.11. The quantitative estimate of drug-likeness (QED) is 0.436. The smallest absolute Gasteiger partial charge is 0.257 e. The lowest BCUT2D eigenvalue weighted by Crippen LogP contribution is -2.34. The number of ether oxygens (including phenoxy) is 1. The summed E-state index contributed by atoms with van der Waals surface area (Å²) in [7, 11) is 0. The minimum absolute atomic E-state index is 0.106. The van der Waals surface area contributed by atoms with Crippen LogP contribution in [-0.4, -0.2) is 23.0 Å². The molecule has 2 amide bonds. The highest BCUT2D eigenvalue weighted by Gasteiger charge is 2.11. The second-order valence-corrected chi connectivity index (χ2v) is 7.52. The molecule has 166 valence electrons. The van der Waals surface area contributed by atoms with Crippen molar-refractivity contribution in [3.05, 3.63) is 83.8 Å². The average molecular weight is 452 g/mol. The molecule has 2 aromatic carbocycles. The summed E-state index contributed by atoms with van der Waals surface area (Å²) in [5, 5.41) is 8.48. The number of hydrogen-bond donors (Lipinski definition) is 3. The van der Waals surface area contributed by atoms with Crippen LogP contribution in [0.5, 0.6) is 5.75 Å². The second kappa shape index (κ2) is 11.1. The molecule has 0 fully saturated rings. The summed E-state index contributed by atoms with van der Waals surface area (Å²) in [6.45, 7) is 4.32. The van der Waals surface area contributed by atoms with E-state index in [1.54, 1.807) is 66.9 Å². The third-order valence-electron chi connectivity index (χ3n) is 4.64. The van der Waals surface area contributed by atoms with Crippen LogP contribution in [0.3, 0.4) is 0 Å². The summed E-state index contributed by atoms with van der Waals surface area (Å²) in [4.78, 5) is 24.8. The number of anilines is 1. The zero-order chi connectivity index (χ0) is 22.9. The Bertz CT molecular complexity index is 1070. The van der Waals surface area contributed by atoms with Gasteiger partial charge >= 0.3 is 0 Å². The number of thiocarbonyl (C=S) groups is 1. The van der Waals surface area contributed by atoms with E-state index < -0.39 is 0 Å². The van der Waals surface area contributed by atoms with Gasteiger partial charge in [-0.05, 0) is 80.2 Å². The van der Waals surface area contributed by atoms with Crippen molar-refractivity contribution in [1.82, 2.24) is 10.6 Å². The van der Waals surface area contributed by atoms with Crippen LogP contribution in [0.2, 0.25) is 0 Å². The number of nitrogens with one attached hydrogen (secondary N) is 3. The Balaban J connectivity index is 1.53. The molecule has 1 aromatic heterocycles. The standard InChI is InChI=1S/C24H25N3O4S/c1-3-16(2)31-20-11-9-17(10-12-20)23(29)27-24(32)26-19-7-4-6-18(14-19)22(28)25-15-21-8-5-13-30-21/h4-14,16H,3,15H2,1-2H3,(H,25,28)(H2,26,27,29,32). The molecule has 0 bridgehead atoms. The molecule has 32 heavy (non-hydrogen) atoms. The van der Waals surface area contributed by atoms with Crippen molar-refractivity contribution in [3.8, 4) is 5.75 Å². The number of hydrogen-bond acceptors (Lipinski definition) is 5. The van der Waals surface area contributed by atoms with E-state index in [4.69, 9.17) is 21.4 Å². The third kappa shape index (κ3) is 6.68. The van der Waals surface area contributed by atoms with Crippen LogP contribution in [0.1, 0.15) is 46.7 Å². The van der Waals surface area contributed by atoms with Crippen molar-refractivity contribution >= 4 is 34.8 Å². The first-order chi connectivity index (χ1) is 15.4. The largest absolute Gasteiger partial charge is 0.491 e. The van der Waals surface area contributed by atoms with Gasteiger partial charge in [0.05, 0.1) is 18.9 Å². The van der Waals surface area contributed by atoms with Crippen molar-refractivity contribution in [1.29, 1.82) is 0 Å². The number of benzene rings is 2. The van der Waals surface area contributed by atoms with Crippen LogP contribution < -0.4 is 20.7 Å². The van der Waals surface area contributed by atoms with E-state index in [1.165, 1.54) is 0 Å². The zero-order valence-corrected chi connectivity index (χ0v) is 18.7. The van der Waals surface area contributed by atoms with E-state index in [1.807, 2.05) is 13.8 Å². The highest BCUT2D eigenvalue weighted by atomic mass is 32.1. The number of furan rings is 1. The number of carbonyl (C=O) groups excluding carboxylic acids is 2. The maximum Gasteiger partial charge on any atom is 0.257 e. The molecule has 0 saturated heterocycles. The Morgan fingerprint density at radius 2 is 1.81 bits per heavy atom. The number of rotatable bonds is 8. The van der Waals surface area contributed by atoms with E-state index >= 15 is 0 Å². The van der Waals surface area contributed by atoms with Crippen LogP contribution in [0.25, 0.3) is 0 Å². The first-order valence-corrected chi connectivity index (χ1v) is 10.6.